The molecule has 20 heavy (non-hydrogen) atoms. The van der Waals surface area contributed by atoms with Crippen LogP contribution in [0.2, 0.25) is 0 Å². The Morgan fingerprint density at radius 2 is 1.90 bits per heavy atom. The molecule has 0 spiro atoms. The summed E-state index contributed by atoms with van der Waals surface area (Å²) in [6.07, 6.45) is 1.49. The van der Waals surface area contributed by atoms with Crippen molar-refractivity contribution in [2.24, 2.45) is 0 Å². The number of nitrogens with zero attached hydrogens (tertiary/aromatic N) is 1. The Labute approximate surface area is 122 Å². The van der Waals surface area contributed by atoms with Gasteiger partial charge in [0.05, 0.1) is 12.2 Å². The number of ether oxygens (including phenoxy) is 1. The zero-order valence-corrected chi connectivity index (χ0v) is 11.8. The molecule has 1 heterocycles. The molecule has 0 radical (unpaired) electrons. The Kier molecular flexibility index (Phi) is 4.25. The molecule has 0 N–H and O–H groups in total. The van der Waals surface area contributed by atoms with Crippen LogP contribution in [-0.4, -0.2) is 29.9 Å². The van der Waals surface area contributed by atoms with E-state index >= 15 is 0 Å². The molecule has 2 rings (SSSR count). The van der Waals surface area contributed by atoms with E-state index in [1.54, 1.807) is 24.3 Å². The van der Waals surface area contributed by atoms with Gasteiger partial charge in [0.25, 0.3) is 11.8 Å². The van der Waals surface area contributed by atoms with Crippen LogP contribution in [0.3, 0.4) is 0 Å². The summed E-state index contributed by atoms with van der Waals surface area (Å²) in [4.78, 5) is 25.2. The smallest absolute Gasteiger partial charge is 0.273 e. The van der Waals surface area contributed by atoms with E-state index in [0.717, 1.165) is 4.90 Å². The Bertz CT molecular complexity index is 590. The zero-order valence-electron chi connectivity index (χ0n) is 11.1. The van der Waals surface area contributed by atoms with Crippen LogP contribution in [-0.2, 0) is 9.59 Å². The van der Waals surface area contributed by atoms with E-state index in [0.29, 0.717) is 17.9 Å². The van der Waals surface area contributed by atoms with E-state index in [1.165, 1.54) is 6.08 Å². The maximum atomic E-state index is 12.2. The quantitative estimate of drug-likeness (QED) is 0.619. The summed E-state index contributed by atoms with van der Waals surface area (Å²) in [5.74, 6) is -0.183. The maximum absolute atomic E-state index is 12.2. The first-order valence-corrected chi connectivity index (χ1v) is 6.58. The fourth-order valence-corrected chi connectivity index (χ4v) is 2.27. The predicted molar refractivity (Wildman–Crippen MR) is 77.3 cm³/mol. The molecule has 0 aromatic heterocycles. The first kappa shape index (κ1) is 14.3. The number of hydrogen-bond acceptors (Lipinski definition) is 3. The van der Waals surface area contributed by atoms with E-state index in [1.807, 2.05) is 6.92 Å². The number of hydrogen-bond donors (Lipinski definition) is 0. The van der Waals surface area contributed by atoms with E-state index in [2.05, 4.69) is 6.58 Å². The minimum Gasteiger partial charge on any atom is -0.494 e. The number of imide groups is 1. The second kappa shape index (κ2) is 5.92. The summed E-state index contributed by atoms with van der Waals surface area (Å²) in [6.45, 7) is 6.12. The van der Waals surface area contributed by atoms with Crippen molar-refractivity contribution >= 4 is 29.0 Å². The molecule has 1 aliphatic rings. The van der Waals surface area contributed by atoms with E-state index in [4.69, 9.17) is 16.3 Å². The van der Waals surface area contributed by atoms with Crippen molar-refractivity contribution in [3.8, 4) is 5.75 Å². The second-order valence-electron chi connectivity index (χ2n) is 4.16. The van der Waals surface area contributed by atoms with Crippen LogP contribution < -0.4 is 4.74 Å². The topological polar surface area (TPSA) is 46.6 Å². The van der Waals surface area contributed by atoms with Crippen molar-refractivity contribution in [3.63, 3.8) is 0 Å². The number of halogens is 1. The molecule has 0 aliphatic carbocycles. The van der Waals surface area contributed by atoms with Gasteiger partial charge in [-0.2, -0.15) is 0 Å². The van der Waals surface area contributed by atoms with Gasteiger partial charge in [-0.25, -0.2) is 0 Å². The van der Waals surface area contributed by atoms with E-state index in [-0.39, 0.29) is 17.2 Å². The maximum Gasteiger partial charge on any atom is 0.273 e. The SMILES string of the molecule is C=CCN1C(=O)C(Cl)=C(c2ccc(OCC)cc2)C1=O. The molecular weight excluding hydrogens is 278 g/mol. The van der Waals surface area contributed by atoms with Crippen molar-refractivity contribution in [1.29, 1.82) is 0 Å². The van der Waals surface area contributed by atoms with Gasteiger partial charge >= 0.3 is 0 Å². The van der Waals surface area contributed by atoms with Gasteiger partial charge in [-0.3, -0.25) is 14.5 Å². The molecular formula is C15H14ClNO3. The molecule has 104 valence electrons. The Morgan fingerprint density at radius 1 is 1.25 bits per heavy atom. The molecule has 1 aliphatic heterocycles. The first-order valence-electron chi connectivity index (χ1n) is 6.20. The standard InChI is InChI=1S/C15H14ClNO3/c1-3-9-17-14(18)12(13(16)15(17)19)10-5-7-11(8-6-10)20-4-2/h3,5-8H,1,4,9H2,2H3. The number of carbonyl (C=O) groups excluding carboxylic acids is 2. The van der Waals surface area contributed by atoms with Crippen molar-refractivity contribution in [1.82, 2.24) is 4.90 Å². The summed E-state index contributed by atoms with van der Waals surface area (Å²) in [5, 5.41) is -0.0546. The third kappa shape index (κ3) is 2.47. The molecule has 5 heteroatoms. The van der Waals surface area contributed by atoms with Crippen molar-refractivity contribution in [2.45, 2.75) is 6.92 Å². The van der Waals surface area contributed by atoms with Crippen molar-refractivity contribution in [2.75, 3.05) is 13.2 Å². The summed E-state index contributed by atoms with van der Waals surface area (Å²) < 4.78 is 5.33. The molecule has 1 aromatic rings. The van der Waals surface area contributed by atoms with Gasteiger partial charge in [-0.1, -0.05) is 29.8 Å². The molecule has 0 bridgehead atoms. The highest BCUT2D eigenvalue weighted by atomic mass is 35.5. The van der Waals surface area contributed by atoms with Crippen molar-refractivity contribution in [3.05, 3.63) is 47.5 Å². The average molecular weight is 292 g/mol. The van der Waals surface area contributed by atoms with Gasteiger partial charge < -0.3 is 4.74 Å². The number of rotatable bonds is 5. The minimum atomic E-state index is -0.486. The van der Waals surface area contributed by atoms with Crippen LogP contribution in [0.25, 0.3) is 5.57 Å². The third-order valence-corrected chi connectivity index (χ3v) is 3.23. The Hall–Kier alpha value is -2.07. The van der Waals surface area contributed by atoms with E-state index < -0.39 is 11.8 Å². The summed E-state index contributed by atoms with van der Waals surface area (Å²) in [6, 6.07) is 6.91. The first-order chi connectivity index (χ1) is 9.60. The molecule has 0 saturated heterocycles. The Morgan fingerprint density at radius 3 is 2.45 bits per heavy atom. The Balaban J connectivity index is 2.34. The van der Waals surface area contributed by atoms with Gasteiger partial charge in [0, 0.05) is 6.54 Å². The van der Waals surface area contributed by atoms with Crippen LogP contribution in [0.15, 0.2) is 42.0 Å². The lowest BCUT2D eigenvalue weighted by Crippen LogP contribution is -2.31. The molecule has 0 unspecified atom stereocenters. The zero-order chi connectivity index (χ0) is 14.7. The van der Waals surface area contributed by atoms with Gasteiger partial charge in [-0.15, -0.1) is 6.58 Å². The monoisotopic (exact) mass is 291 g/mol. The largest absolute Gasteiger partial charge is 0.494 e. The van der Waals surface area contributed by atoms with Crippen LogP contribution in [0.5, 0.6) is 5.75 Å². The summed E-state index contributed by atoms with van der Waals surface area (Å²) >= 11 is 5.99. The number of amides is 2. The minimum absolute atomic E-state index is 0.0546. The van der Waals surface area contributed by atoms with Gasteiger partial charge in [0.15, 0.2) is 0 Å². The molecule has 1 aromatic carbocycles. The lowest BCUT2D eigenvalue weighted by atomic mass is 10.1. The highest BCUT2D eigenvalue weighted by molar-refractivity contribution is 6.55. The molecule has 0 saturated carbocycles. The number of carbonyl (C=O) groups is 2. The van der Waals surface area contributed by atoms with Gasteiger partial charge in [0.2, 0.25) is 0 Å². The molecule has 2 amide bonds. The lowest BCUT2D eigenvalue weighted by Gasteiger charge is -2.11. The summed E-state index contributed by atoms with van der Waals surface area (Å²) in [5.41, 5.74) is 0.824. The average Bonchev–Trinajstić information content (AvgIpc) is 2.65. The van der Waals surface area contributed by atoms with E-state index in [9.17, 15) is 9.59 Å². The number of benzene rings is 1. The van der Waals surface area contributed by atoms with Crippen LogP contribution in [0.1, 0.15) is 12.5 Å². The fraction of sp³-hybridized carbons (Fsp3) is 0.200. The fourth-order valence-electron chi connectivity index (χ4n) is 1.98. The molecule has 0 atom stereocenters. The molecule has 0 fully saturated rings. The van der Waals surface area contributed by atoms with Gasteiger partial charge in [0.1, 0.15) is 10.8 Å². The normalized spacial score (nSPS) is 15.0. The summed E-state index contributed by atoms with van der Waals surface area (Å²) in [7, 11) is 0. The van der Waals surface area contributed by atoms with Gasteiger partial charge in [-0.05, 0) is 24.6 Å². The third-order valence-electron chi connectivity index (χ3n) is 2.88. The van der Waals surface area contributed by atoms with Crippen molar-refractivity contribution < 1.29 is 14.3 Å². The highest BCUT2D eigenvalue weighted by Crippen LogP contribution is 2.32. The lowest BCUT2D eigenvalue weighted by molar-refractivity contribution is -0.135. The predicted octanol–water partition coefficient (Wildman–Crippen LogP) is 2.59. The molecule has 4 nitrogen and oxygen atoms in total. The van der Waals surface area contributed by atoms with Crippen LogP contribution >= 0.6 is 11.6 Å². The highest BCUT2D eigenvalue weighted by Gasteiger charge is 2.37. The van der Waals surface area contributed by atoms with Crippen LogP contribution in [0.4, 0.5) is 0 Å². The second-order valence-corrected chi connectivity index (χ2v) is 4.53. The van der Waals surface area contributed by atoms with Crippen LogP contribution in [0, 0.1) is 0 Å².